The molecule has 0 aromatic carbocycles. The van der Waals surface area contributed by atoms with Gasteiger partial charge in [-0.05, 0) is 50.6 Å². The Bertz CT molecular complexity index is 321. The molecular formula is C17H32N2O2. The number of aliphatic hydroxyl groups excluding tert-OH is 1. The summed E-state index contributed by atoms with van der Waals surface area (Å²) in [5.41, 5.74) is -0.0520. The number of amides is 1. The highest BCUT2D eigenvalue weighted by molar-refractivity contribution is 5.76. The first-order valence-electron chi connectivity index (χ1n) is 8.73. The Morgan fingerprint density at radius 3 is 2.71 bits per heavy atom. The van der Waals surface area contributed by atoms with Gasteiger partial charge in [0.25, 0.3) is 0 Å². The van der Waals surface area contributed by atoms with E-state index in [0.29, 0.717) is 24.8 Å². The number of carbonyl (C=O) groups is 1. The van der Waals surface area contributed by atoms with E-state index in [4.69, 9.17) is 0 Å². The van der Waals surface area contributed by atoms with Gasteiger partial charge in [-0.1, -0.05) is 26.2 Å². The highest BCUT2D eigenvalue weighted by atomic mass is 16.3. The lowest BCUT2D eigenvalue weighted by Gasteiger charge is -2.36. The van der Waals surface area contributed by atoms with Crippen molar-refractivity contribution in [3.63, 3.8) is 0 Å². The molecule has 2 aliphatic rings. The van der Waals surface area contributed by atoms with Crippen molar-refractivity contribution in [1.29, 1.82) is 0 Å². The van der Waals surface area contributed by atoms with E-state index in [1.165, 1.54) is 32.1 Å². The van der Waals surface area contributed by atoms with Crippen molar-refractivity contribution >= 4 is 5.91 Å². The Morgan fingerprint density at radius 2 is 2.10 bits per heavy atom. The van der Waals surface area contributed by atoms with Gasteiger partial charge in [0.1, 0.15) is 0 Å². The number of nitrogens with one attached hydrogen (secondary N) is 2. The lowest BCUT2D eigenvalue weighted by Crippen LogP contribution is -2.42. The molecule has 2 unspecified atom stereocenters. The summed E-state index contributed by atoms with van der Waals surface area (Å²) >= 11 is 0. The van der Waals surface area contributed by atoms with Crippen molar-refractivity contribution in [2.24, 2.45) is 17.3 Å². The van der Waals surface area contributed by atoms with Crippen LogP contribution in [-0.4, -0.2) is 37.3 Å². The first-order chi connectivity index (χ1) is 10.2. The Hall–Kier alpha value is -0.610. The van der Waals surface area contributed by atoms with Crippen LogP contribution in [0.3, 0.4) is 0 Å². The number of hydrogen-bond donors (Lipinski definition) is 3. The minimum atomic E-state index is -0.0520. The molecule has 0 bridgehead atoms. The summed E-state index contributed by atoms with van der Waals surface area (Å²) in [7, 11) is 0. The van der Waals surface area contributed by atoms with Gasteiger partial charge in [0.15, 0.2) is 0 Å². The molecule has 2 rings (SSSR count). The van der Waals surface area contributed by atoms with Gasteiger partial charge in [-0.3, -0.25) is 4.79 Å². The van der Waals surface area contributed by atoms with Crippen molar-refractivity contribution in [3.8, 4) is 0 Å². The fourth-order valence-electron chi connectivity index (χ4n) is 3.87. The van der Waals surface area contributed by atoms with Crippen LogP contribution in [0.25, 0.3) is 0 Å². The molecule has 4 nitrogen and oxygen atoms in total. The third kappa shape index (κ3) is 4.96. The molecule has 0 aromatic heterocycles. The minimum absolute atomic E-state index is 0.0520. The first kappa shape index (κ1) is 16.8. The van der Waals surface area contributed by atoms with Crippen molar-refractivity contribution < 1.29 is 9.90 Å². The molecule has 0 aromatic rings. The molecule has 1 heterocycles. The monoisotopic (exact) mass is 296 g/mol. The van der Waals surface area contributed by atoms with Crippen LogP contribution in [0.15, 0.2) is 0 Å². The smallest absolute Gasteiger partial charge is 0.220 e. The van der Waals surface area contributed by atoms with Crippen molar-refractivity contribution in [1.82, 2.24) is 10.6 Å². The normalized spacial score (nSPS) is 27.0. The number of rotatable bonds is 6. The number of carbonyl (C=O) groups excluding carboxylic acids is 1. The van der Waals surface area contributed by atoms with Crippen LogP contribution >= 0.6 is 0 Å². The van der Waals surface area contributed by atoms with Crippen LogP contribution in [0.2, 0.25) is 0 Å². The summed E-state index contributed by atoms with van der Waals surface area (Å²) in [5.74, 6) is 1.23. The van der Waals surface area contributed by atoms with Crippen LogP contribution in [0.1, 0.15) is 58.3 Å². The molecule has 2 fully saturated rings. The van der Waals surface area contributed by atoms with Gasteiger partial charge in [0, 0.05) is 18.4 Å². The van der Waals surface area contributed by atoms with Crippen LogP contribution in [0.5, 0.6) is 0 Å². The largest absolute Gasteiger partial charge is 0.396 e. The van der Waals surface area contributed by atoms with Gasteiger partial charge < -0.3 is 15.7 Å². The highest BCUT2D eigenvalue weighted by Crippen LogP contribution is 2.35. The molecule has 1 saturated carbocycles. The maximum Gasteiger partial charge on any atom is 0.220 e. The molecule has 1 aliphatic heterocycles. The summed E-state index contributed by atoms with van der Waals surface area (Å²) < 4.78 is 0. The molecule has 2 atom stereocenters. The topological polar surface area (TPSA) is 61.4 Å². The SMILES string of the molecule is CC(CC(=O)NCC1(CO)CCCCC1)C1CCCNC1. The Balaban J connectivity index is 1.73. The van der Waals surface area contributed by atoms with Gasteiger partial charge in [-0.15, -0.1) is 0 Å². The first-order valence-corrected chi connectivity index (χ1v) is 8.73. The van der Waals surface area contributed by atoms with E-state index in [1.54, 1.807) is 0 Å². The second kappa shape index (κ2) is 8.14. The molecule has 4 heteroatoms. The Labute approximate surface area is 129 Å². The molecule has 0 radical (unpaired) electrons. The second-order valence-electron chi connectivity index (χ2n) is 7.28. The van der Waals surface area contributed by atoms with E-state index in [1.807, 2.05) is 0 Å². The van der Waals surface area contributed by atoms with E-state index < -0.39 is 0 Å². The molecule has 122 valence electrons. The van der Waals surface area contributed by atoms with Crippen LogP contribution < -0.4 is 10.6 Å². The summed E-state index contributed by atoms with van der Waals surface area (Å²) in [5, 5.41) is 16.2. The maximum absolute atomic E-state index is 12.2. The average molecular weight is 296 g/mol. The Kier molecular flexibility index (Phi) is 6.49. The lowest BCUT2D eigenvalue weighted by molar-refractivity contribution is -0.123. The zero-order valence-corrected chi connectivity index (χ0v) is 13.5. The van der Waals surface area contributed by atoms with Gasteiger partial charge in [-0.25, -0.2) is 0 Å². The van der Waals surface area contributed by atoms with Crippen LogP contribution in [0.4, 0.5) is 0 Å². The molecule has 0 spiro atoms. The average Bonchev–Trinajstić information content (AvgIpc) is 2.54. The standard InChI is InChI=1S/C17H32N2O2/c1-14(15-6-5-9-18-11-15)10-16(21)19-12-17(13-20)7-3-2-4-8-17/h14-15,18,20H,2-13H2,1H3,(H,19,21). The predicted molar refractivity (Wildman–Crippen MR) is 85.0 cm³/mol. The zero-order chi connectivity index (χ0) is 15.1. The molecule has 3 N–H and O–H groups in total. The van der Waals surface area contributed by atoms with E-state index in [2.05, 4.69) is 17.6 Å². The highest BCUT2D eigenvalue weighted by Gasteiger charge is 2.32. The van der Waals surface area contributed by atoms with E-state index in [-0.39, 0.29) is 17.9 Å². The lowest BCUT2D eigenvalue weighted by atomic mass is 9.74. The molecule has 1 aliphatic carbocycles. The quantitative estimate of drug-likeness (QED) is 0.703. The number of aliphatic hydroxyl groups is 1. The maximum atomic E-state index is 12.2. The van der Waals surface area contributed by atoms with Crippen molar-refractivity contribution in [2.45, 2.75) is 58.3 Å². The predicted octanol–water partition coefficient (Wildman–Crippen LogP) is 2.07. The fraction of sp³-hybridized carbons (Fsp3) is 0.941. The number of hydrogen-bond acceptors (Lipinski definition) is 3. The molecule has 1 amide bonds. The molecule has 21 heavy (non-hydrogen) atoms. The summed E-state index contributed by atoms with van der Waals surface area (Å²) in [4.78, 5) is 12.2. The summed E-state index contributed by atoms with van der Waals surface area (Å²) in [6, 6.07) is 0. The molecular weight excluding hydrogens is 264 g/mol. The summed E-state index contributed by atoms with van der Waals surface area (Å²) in [6.45, 7) is 5.22. The third-order valence-electron chi connectivity index (χ3n) is 5.56. The van der Waals surface area contributed by atoms with E-state index >= 15 is 0 Å². The van der Waals surface area contributed by atoms with Crippen molar-refractivity contribution in [3.05, 3.63) is 0 Å². The van der Waals surface area contributed by atoms with Crippen LogP contribution in [-0.2, 0) is 4.79 Å². The van der Waals surface area contributed by atoms with Gasteiger partial charge in [0.05, 0.1) is 6.61 Å². The van der Waals surface area contributed by atoms with E-state index in [9.17, 15) is 9.90 Å². The Morgan fingerprint density at radius 1 is 1.33 bits per heavy atom. The van der Waals surface area contributed by atoms with E-state index in [0.717, 1.165) is 25.9 Å². The van der Waals surface area contributed by atoms with Gasteiger partial charge >= 0.3 is 0 Å². The fourth-order valence-corrected chi connectivity index (χ4v) is 3.87. The van der Waals surface area contributed by atoms with Crippen molar-refractivity contribution in [2.75, 3.05) is 26.2 Å². The summed E-state index contributed by atoms with van der Waals surface area (Å²) in [6.07, 6.45) is 8.81. The molecule has 1 saturated heterocycles. The minimum Gasteiger partial charge on any atom is -0.396 e. The third-order valence-corrected chi connectivity index (χ3v) is 5.56. The van der Waals surface area contributed by atoms with Gasteiger partial charge in [-0.2, -0.15) is 0 Å². The zero-order valence-electron chi connectivity index (χ0n) is 13.5. The number of piperidine rings is 1. The van der Waals surface area contributed by atoms with Crippen LogP contribution in [0, 0.1) is 17.3 Å². The second-order valence-corrected chi connectivity index (χ2v) is 7.28. The van der Waals surface area contributed by atoms with Gasteiger partial charge in [0.2, 0.25) is 5.91 Å².